The molecule has 3 heterocycles. The van der Waals surface area contributed by atoms with Crippen LogP contribution in [0.5, 0.6) is 0 Å². The summed E-state index contributed by atoms with van der Waals surface area (Å²) in [5.41, 5.74) is 5.15. The van der Waals surface area contributed by atoms with Crippen LogP contribution in [0.25, 0.3) is 16.6 Å². The van der Waals surface area contributed by atoms with Crippen molar-refractivity contribution in [1.29, 1.82) is 0 Å². The van der Waals surface area contributed by atoms with Crippen LogP contribution in [0.1, 0.15) is 51.0 Å². The predicted molar refractivity (Wildman–Crippen MR) is 129 cm³/mol. The number of hydrogen-bond donors (Lipinski definition) is 3. The van der Waals surface area contributed by atoms with Gasteiger partial charge in [-0.05, 0) is 81.5 Å². The summed E-state index contributed by atoms with van der Waals surface area (Å²) < 4.78 is 7.27. The Labute approximate surface area is 199 Å². The first-order chi connectivity index (χ1) is 16.3. The van der Waals surface area contributed by atoms with Crippen molar-refractivity contribution in [3.05, 3.63) is 41.5 Å². The number of rotatable bonds is 2. The Hall–Kier alpha value is -2.06. The first kappa shape index (κ1) is 21.2. The first-order valence-electron chi connectivity index (χ1n) is 12.7. The molecule has 2 aromatic rings. The van der Waals surface area contributed by atoms with E-state index in [4.69, 9.17) is 4.74 Å². The highest BCUT2D eigenvalue weighted by Gasteiger charge is 2.69. The number of nitrogens with one attached hydrogen (secondary N) is 1. The van der Waals surface area contributed by atoms with Crippen molar-refractivity contribution < 1.29 is 14.9 Å². The van der Waals surface area contributed by atoms with E-state index in [1.165, 1.54) is 16.7 Å². The van der Waals surface area contributed by atoms with Gasteiger partial charge in [0.15, 0.2) is 0 Å². The highest BCUT2D eigenvalue weighted by Crippen LogP contribution is 2.69. The number of nitrogens with zero attached hydrogens (tertiary/aromatic N) is 3. The normalized spacial score (nSPS) is 45.1. The number of ether oxygens (including phenoxy) is 1. The molecule has 3 aliphatic carbocycles. The topological polar surface area (TPSA) is 94.5 Å². The van der Waals surface area contributed by atoms with Gasteiger partial charge in [-0.15, -0.1) is 0 Å². The number of H-pyrrole nitrogens is 1. The SMILES string of the molecule is CN(C)C1CC23CCC4(O2)C(=CCC2(C)C(c5ccc6n[nH]nc6c5)=CCC24)CC3C(O)C1O. The van der Waals surface area contributed by atoms with E-state index in [9.17, 15) is 10.2 Å². The second kappa shape index (κ2) is 6.78. The van der Waals surface area contributed by atoms with Crippen molar-refractivity contribution in [2.24, 2.45) is 17.3 Å². The molecule has 7 heteroatoms. The molecule has 0 amide bonds. The number of hydrogen-bond acceptors (Lipinski definition) is 6. The number of aromatic nitrogens is 3. The van der Waals surface area contributed by atoms with Crippen LogP contribution in [-0.2, 0) is 4.74 Å². The fourth-order valence-electron chi connectivity index (χ4n) is 8.49. The molecule has 8 unspecified atom stereocenters. The molecule has 2 saturated heterocycles. The van der Waals surface area contributed by atoms with Crippen LogP contribution in [0.3, 0.4) is 0 Å². The lowest BCUT2D eigenvalue weighted by atomic mass is 9.57. The van der Waals surface area contributed by atoms with Gasteiger partial charge < -0.3 is 19.8 Å². The van der Waals surface area contributed by atoms with E-state index >= 15 is 0 Å². The van der Waals surface area contributed by atoms with Gasteiger partial charge in [0.2, 0.25) is 0 Å². The van der Waals surface area contributed by atoms with Crippen molar-refractivity contribution in [3.8, 4) is 0 Å². The molecule has 0 radical (unpaired) electrons. The van der Waals surface area contributed by atoms with Gasteiger partial charge in [0.05, 0.1) is 23.4 Å². The van der Waals surface area contributed by atoms with E-state index in [0.29, 0.717) is 5.92 Å². The van der Waals surface area contributed by atoms with Crippen LogP contribution >= 0.6 is 0 Å². The molecule has 2 bridgehead atoms. The van der Waals surface area contributed by atoms with Gasteiger partial charge in [0.1, 0.15) is 11.0 Å². The standard InChI is InChI=1S/C27H34N4O3/c1-25-9-8-16-13-18-23(32)24(33)21(31(2)3)14-26(18)10-11-27(16,34-26)22(25)7-5-17(25)15-4-6-19-20(12-15)29-30-28-19/h4-6,8,12,18,21-24,32-33H,7,9-11,13-14H2,1-3H3,(H,28,29,30). The molecule has 7 rings (SSSR count). The van der Waals surface area contributed by atoms with Gasteiger partial charge in [0, 0.05) is 23.3 Å². The molecular weight excluding hydrogens is 428 g/mol. The third-order valence-electron chi connectivity index (χ3n) is 10.2. The van der Waals surface area contributed by atoms with E-state index in [1.807, 2.05) is 14.1 Å². The minimum Gasteiger partial charge on any atom is -0.390 e. The Morgan fingerprint density at radius 2 is 1.91 bits per heavy atom. The van der Waals surface area contributed by atoms with E-state index in [2.05, 4.69) is 57.6 Å². The summed E-state index contributed by atoms with van der Waals surface area (Å²) in [4.78, 5) is 2.05. The average molecular weight is 463 g/mol. The van der Waals surface area contributed by atoms with E-state index in [1.54, 1.807) is 0 Å². The zero-order valence-corrected chi connectivity index (χ0v) is 20.2. The Morgan fingerprint density at radius 1 is 1.09 bits per heavy atom. The lowest BCUT2D eigenvalue weighted by molar-refractivity contribution is -0.237. The fraction of sp³-hybridized carbons (Fsp3) is 0.630. The second-order valence-electron chi connectivity index (χ2n) is 11.9. The van der Waals surface area contributed by atoms with Gasteiger partial charge in [0.25, 0.3) is 0 Å². The van der Waals surface area contributed by atoms with Gasteiger partial charge in [-0.1, -0.05) is 25.1 Å². The maximum absolute atomic E-state index is 11.2. The smallest absolute Gasteiger partial charge is 0.113 e. The molecule has 1 saturated carbocycles. The Bertz CT molecular complexity index is 1240. The number of aromatic amines is 1. The molecule has 7 nitrogen and oxygen atoms in total. The molecular formula is C27H34N4O3. The molecule has 2 spiro atoms. The lowest BCUT2D eigenvalue weighted by Gasteiger charge is -2.59. The summed E-state index contributed by atoms with van der Waals surface area (Å²) in [7, 11) is 3.99. The number of benzene rings is 1. The molecule has 2 aliphatic heterocycles. The Morgan fingerprint density at radius 3 is 2.74 bits per heavy atom. The van der Waals surface area contributed by atoms with Gasteiger partial charge in [-0.3, -0.25) is 0 Å². The molecule has 5 aliphatic rings. The van der Waals surface area contributed by atoms with Crippen molar-refractivity contribution in [1.82, 2.24) is 20.3 Å². The summed E-state index contributed by atoms with van der Waals surface area (Å²) in [6.07, 6.45) is 8.91. The van der Waals surface area contributed by atoms with Gasteiger partial charge in [-0.25, -0.2) is 0 Å². The highest BCUT2D eigenvalue weighted by molar-refractivity contribution is 5.82. The largest absolute Gasteiger partial charge is 0.390 e. The van der Waals surface area contributed by atoms with Crippen molar-refractivity contribution in [3.63, 3.8) is 0 Å². The minimum absolute atomic E-state index is 0.00692. The number of likely N-dealkylation sites (N-methyl/N-ethyl adjacent to an activating group) is 1. The highest BCUT2D eigenvalue weighted by atomic mass is 16.5. The predicted octanol–water partition coefficient (Wildman–Crippen LogP) is 3.06. The zero-order chi connectivity index (χ0) is 23.5. The van der Waals surface area contributed by atoms with E-state index < -0.39 is 12.2 Å². The Kier molecular flexibility index (Phi) is 4.24. The zero-order valence-electron chi connectivity index (χ0n) is 20.2. The number of allylic oxidation sites excluding steroid dienone is 3. The molecule has 3 fully saturated rings. The van der Waals surface area contributed by atoms with Crippen LogP contribution in [0.2, 0.25) is 0 Å². The molecule has 3 N–H and O–H groups in total. The summed E-state index contributed by atoms with van der Waals surface area (Å²) in [5.74, 6) is 0.346. The third kappa shape index (κ3) is 2.51. The van der Waals surface area contributed by atoms with Crippen molar-refractivity contribution in [2.75, 3.05) is 14.1 Å². The number of fused-ring (bicyclic) bond motifs is 2. The summed E-state index contributed by atoms with van der Waals surface area (Å²) in [6.45, 7) is 2.41. The third-order valence-corrected chi connectivity index (χ3v) is 10.2. The summed E-state index contributed by atoms with van der Waals surface area (Å²) >= 11 is 0. The maximum Gasteiger partial charge on any atom is 0.113 e. The first-order valence-corrected chi connectivity index (χ1v) is 12.7. The quantitative estimate of drug-likeness (QED) is 0.594. The van der Waals surface area contributed by atoms with E-state index in [-0.39, 0.29) is 28.6 Å². The van der Waals surface area contributed by atoms with Crippen LogP contribution in [0.15, 0.2) is 35.9 Å². The molecule has 1 aromatic carbocycles. The van der Waals surface area contributed by atoms with E-state index in [0.717, 1.165) is 49.6 Å². The molecule has 8 atom stereocenters. The van der Waals surface area contributed by atoms with Crippen molar-refractivity contribution >= 4 is 16.6 Å². The summed E-state index contributed by atoms with van der Waals surface area (Å²) in [5, 5.41) is 33.3. The molecule has 1 aromatic heterocycles. The molecule has 180 valence electrons. The minimum atomic E-state index is -0.752. The van der Waals surface area contributed by atoms with Crippen LogP contribution < -0.4 is 0 Å². The summed E-state index contributed by atoms with van der Waals surface area (Å²) in [6, 6.07) is 6.30. The van der Waals surface area contributed by atoms with Gasteiger partial charge in [-0.2, -0.15) is 15.4 Å². The maximum atomic E-state index is 11.2. The van der Waals surface area contributed by atoms with Gasteiger partial charge >= 0.3 is 0 Å². The Balaban J connectivity index is 1.27. The average Bonchev–Trinajstić information content (AvgIpc) is 3.50. The number of aliphatic hydroxyl groups is 2. The lowest BCUT2D eigenvalue weighted by Crippen LogP contribution is -2.66. The second-order valence-corrected chi connectivity index (χ2v) is 11.9. The van der Waals surface area contributed by atoms with Crippen LogP contribution in [-0.4, -0.2) is 74.1 Å². The molecule has 34 heavy (non-hydrogen) atoms. The van der Waals surface area contributed by atoms with Crippen LogP contribution in [0, 0.1) is 17.3 Å². The monoisotopic (exact) mass is 462 g/mol. The van der Waals surface area contributed by atoms with Crippen molar-refractivity contribution in [2.45, 2.75) is 74.9 Å². The van der Waals surface area contributed by atoms with Crippen LogP contribution in [0.4, 0.5) is 0 Å². The number of aliphatic hydroxyl groups excluding tert-OH is 2. The fourth-order valence-corrected chi connectivity index (χ4v) is 8.49.